The summed E-state index contributed by atoms with van der Waals surface area (Å²) in [6, 6.07) is 12.4. The highest BCUT2D eigenvalue weighted by molar-refractivity contribution is 9.10. The summed E-state index contributed by atoms with van der Waals surface area (Å²) in [5, 5.41) is 10.5. The molecular weight excluding hydrogens is 374 g/mol. The predicted molar refractivity (Wildman–Crippen MR) is 94.2 cm³/mol. The molecule has 0 radical (unpaired) electrons. The van der Waals surface area contributed by atoms with E-state index in [0.29, 0.717) is 28.0 Å². The molecule has 0 saturated carbocycles. The van der Waals surface area contributed by atoms with E-state index in [-0.39, 0.29) is 11.6 Å². The van der Waals surface area contributed by atoms with Gasteiger partial charge in [-0.3, -0.25) is 9.38 Å². The van der Waals surface area contributed by atoms with Gasteiger partial charge in [0.25, 0.3) is 0 Å². The van der Waals surface area contributed by atoms with Crippen LogP contribution in [0.2, 0.25) is 0 Å². The van der Waals surface area contributed by atoms with Crippen molar-refractivity contribution in [3.05, 3.63) is 63.6 Å². The Kier molecular flexibility index (Phi) is 3.31. The van der Waals surface area contributed by atoms with Crippen LogP contribution in [0.15, 0.2) is 57.9 Å². The summed E-state index contributed by atoms with van der Waals surface area (Å²) in [5.41, 5.74) is 1.82. The molecule has 0 unspecified atom stereocenters. The molecular formula is C17H12BrN3O3. The van der Waals surface area contributed by atoms with Gasteiger partial charge >= 0.3 is 5.69 Å². The second-order valence-electron chi connectivity index (χ2n) is 5.25. The maximum atomic E-state index is 12.9. The van der Waals surface area contributed by atoms with Crippen molar-refractivity contribution in [2.45, 2.75) is 0 Å². The van der Waals surface area contributed by atoms with E-state index < -0.39 is 0 Å². The van der Waals surface area contributed by atoms with Crippen molar-refractivity contribution in [2.75, 3.05) is 7.11 Å². The Morgan fingerprint density at radius 1 is 1.12 bits per heavy atom. The van der Waals surface area contributed by atoms with Gasteiger partial charge in [0.15, 0.2) is 0 Å². The quantitative estimate of drug-likeness (QED) is 0.575. The van der Waals surface area contributed by atoms with Crippen molar-refractivity contribution < 1.29 is 9.84 Å². The number of halogens is 1. The Morgan fingerprint density at radius 3 is 2.58 bits per heavy atom. The van der Waals surface area contributed by atoms with Gasteiger partial charge in [-0.15, -0.1) is 0 Å². The number of aromatic hydroxyl groups is 1. The summed E-state index contributed by atoms with van der Waals surface area (Å²) in [6.07, 6.45) is 1.49. The number of benzene rings is 2. The molecule has 0 aliphatic rings. The van der Waals surface area contributed by atoms with Gasteiger partial charge in [-0.1, -0.05) is 15.9 Å². The monoisotopic (exact) mass is 385 g/mol. The second-order valence-corrected chi connectivity index (χ2v) is 6.17. The molecule has 0 fully saturated rings. The van der Waals surface area contributed by atoms with E-state index in [0.717, 1.165) is 4.47 Å². The molecule has 0 amide bonds. The van der Waals surface area contributed by atoms with E-state index in [1.54, 1.807) is 37.4 Å². The lowest BCUT2D eigenvalue weighted by molar-refractivity contribution is 0.414. The molecule has 120 valence electrons. The fourth-order valence-corrected chi connectivity index (χ4v) is 3.09. The lowest BCUT2D eigenvalue weighted by Gasteiger charge is -2.04. The number of nitrogens with zero attached hydrogens (tertiary/aromatic N) is 3. The van der Waals surface area contributed by atoms with E-state index in [2.05, 4.69) is 20.9 Å². The van der Waals surface area contributed by atoms with Crippen LogP contribution in [0.4, 0.5) is 0 Å². The SMILES string of the molecule is COc1ccc(-n2c(O)c3cnc4ccc(Br)cc4n3c2=O)cc1. The molecule has 0 atom stereocenters. The first-order valence-electron chi connectivity index (χ1n) is 7.15. The Morgan fingerprint density at radius 2 is 1.88 bits per heavy atom. The Hall–Kier alpha value is -2.80. The maximum absolute atomic E-state index is 12.9. The molecule has 2 aromatic carbocycles. The number of rotatable bonds is 2. The molecule has 2 heterocycles. The zero-order valence-corrected chi connectivity index (χ0v) is 14.2. The third-order valence-corrected chi connectivity index (χ3v) is 4.39. The Labute approximate surface area is 144 Å². The van der Waals surface area contributed by atoms with Gasteiger partial charge in [-0.25, -0.2) is 9.36 Å². The first kappa shape index (κ1) is 14.8. The summed E-state index contributed by atoms with van der Waals surface area (Å²) in [6.45, 7) is 0. The van der Waals surface area contributed by atoms with Crippen molar-refractivity contribution in [1.29, 1.82) is 0 Å². The highest BCUT2D eigenvalue weighted by atomic mass is 79.9. The van der Waals surface area contributed by atoms with Crippen LogP contribution in [-0.4, -0.2) is 26.2 Å². The van der Waals surface area contributed by atoms with E-state index in [4.69, 9.17) is 4.74 Å². The normalized spacial score (nSPS) is 11.2. The van der Waals surface area contributed by atoms with Gasteiger partial charge in [0, 0.05) is 4.47 Å². The molecule has 1 N–H and O–H groups in total. The highest BCUT2D eigenvalue weighted by Gasteiger charge is 2.17. The van der Waals surface area contributed by atoms with E-state index in [9.17, 15) is 9.90 Å². The molecule has 24 heavy (non-hydrogen) atoms. The topological polar surface area (TPSA) is 68.8 Å². The summed E-state index contributed by atoms with van der Waals surface area (Å²) < 4.78 is 8.65. The van der Waals surface area contributed by atoms with E-state index in [1.165, 1.54) is 15.2 Å². The van der Waals surface area contributed by atoms with Crippen LogP contribution in [0.25, 0.3) is 22.2 Å². The number of fused-ring (bicyclic) bond motifs is 3. The minimum atomic E-state index is -0.363. The third-order valence-electron chi connectivity index (χ3n) is 3.90. The first-order valence-corrected chi connectivity index (χ1v) is 7.94. The minimum Gasteiger partial charge on any atom is -0.497 e. The van der Waals surface area contributed by atoms with Crippen LogP contribution in [0.5, 0.6) is 11.6 Å². The lowest BCUT2D eigenvalue weighted by Crippen LogP contribution is -2.19. The van der Waals surface area contributed by atoms with Crippen LogP contribution in [0.3, 0.4) is 0 Å². The fraction of sp³-hybridized carbons (Fsp3) is 0.0588. The van der Waals surface area contributed by atoms with E-state index in [1.807, 2.05) is 12.1 Å². The van der Waals surface area contributed by atoms with Gasteiger partial charge in [0.05, 0.1) is 30.0 Å². The van der Waals surface area contributed by atoms with Gasteiger partial charge in [0.2, 0.25) is 5.88 Å². The minimum absolute atomic E-state index is 0.153. The molecule has 0 saturated heterocycles. The third kappa shape index (κ3) is 2.09. The molecule has 0 aliphatic carbocycles. The van der Waals surface area contributed by atoms with Crippen molar-refractivity contribution >= 4 is 32.5 Å². The highest BCUT2D eigenvalue weighted by Crippen LogP contribution is 2.26. The van der Waals surface area contributed by atoms with Crippen LogP contribution in [0.1, 0.15) is 0 Å². The summed E-state index contributed by atoms with van der Waals surface area (Å²) >= 11 is 3.40. The molecule has 0 bridgehead atoms. The zero-order valence-electron chi connectivity index (χ0n) is 12.6. The van der Waals surface area contributed by atoms with Crippen molar-refractivity contribution in [3.63, 3.8) is 0 Å². The van der Waals surface area contributed by atoms with E-state index >= 15 is 0 Å². The Bertz CT molecular complexity index is 1130. The molecule has 0 spiro atoms. The first-order chi connectivity index (χ1) is 11.6. The van der Waals surface area contributed by atoms with Gasteiger partial charge in [-0.05, 0) is 42.5 Å². The standard InChI is InChI=1S/C17H12BrN3O3/c1-24-12-5-3-11(4-6-12)20-16(22)15-9-19-13-7-2-10(18)8-14(13)21(15)17(20)23/h2-9,22H,1H3. The van der Waals surface area contributed by atoms with Crippen molar-refractivity contribution in [3.8, 4) is 17.3 Å². The Balaban J connectivity index is 2.08. The van der Waals surface area contributed by atoms with Crippen molar-refractivity contribution in [1.82, 2.24) is 14.0 Å². The number of ether oxygens (including phenoxy) is 1. The van der Waals surface area contributed by atoms with Crippen LogP contribution >= 0.6 is 15.9 Å². The lowest BCUT2D eigenvalue weighted by atomic mass is 10.3. The second kappa shape index (κ2) is 5.38. The molecule has 4 rings (SSSR count). The van der Waals surface area contributed by atoms with Gasteiger partial charge in [-0.2, -0.15) is 0 Å². The zero-order chi connectivity index (χ0) is 16.8. The van der Waals surface area contributed by atoms with Crippen LogP contribution < -0.4 is 10.4 Å². The number of hydrogen-bond acceptors (Lipinski definition) is 4. The van der Waals surface area contributed by atoms with Gasteiger partial charge in [0.1, 0.15) is 11.3 Å². The molecule has 7 heteroatoms. The van der Waals surface area contributed by atoms with Crippen LogP contribution in [-0.2, 0) is 0 Å². The fourth-order valence-electron chi connectivity index (χ4n) is 2.74. The largest absolute Gasteiger partial charge is 0.497 e. The summed E-state index contributed by atoms with van der Waals surface area (Å²) in [4.78, 5) is 17.2. The smallest absolute Gasteiger partial charge is 0.340 e. The number of hydrogen-bond donors (Lipinski definition) is 1. The van der Waals surface area contributed by atoms with Crippen LogP contribution in [0, 0.1) is 0 Å². The molecule has 6 nitrogen and oxygen atoms in total. The number of aromatic nitrogens is 3. The molecule has 0 aliphatic heterocycles. The number of imidazole rings is 1. The molecule has 2 aromatic heterocycles. The molecule has 4 aromatic rings. The average Bonchev–Trinajstić information content (AvgIpc) is 2.86. The summed E-state index contributed by atoms with van der Waals surface area (Å²) in [7, 11) is 1.57. The maximum Gasteiger partial charge on any atom is 0.340 e. The van der Waals surface area contributed by atoms with Crippen molar-refractivity contribution in [2.24, 2.45) is 0 Å². The number of methoxy groups -OCH3 is 1. The van der Waals surface area contributed by atoms with Gasteiger partial charge < -0.3 is 9.84 Å². The predicted octanol–water partition coefficient (Wildman–Crippen LogP) is 3.12. The average molecular weight is 386 g/mol. The summed E-state index contributed by atoms with van der Waals surface area (Å²) in [5.74, 6) is 0.519.